The summed E-state index contributed by atoms with van der Waals surface area (Å²) in [6.07, 6.45) is 4.44. The van der Waals surface area contributed by atoms with Gasteiger partial charge in [-0.15, -0.1) is 11.3 Å². The summed E-state index contributed by atoms with van der Waals surface area (Å²) in [5, 5.41) is 2.17. The van der Waals surface area contributed by atoms with Crippen LogP contribution >= 0.6 is 27.3 Å². The average Bonchev–Trinajstić information content (AvgIpc) is 2.86. The van der Waals surface area contributed by atoms with Crippen molar-refractivity contribution in [2.24, 2.45) is 11.8 Å². The molecule has 3 rings (SSSR count). The fourth-order valence-corrected chi connectivity index (χ4v) is 4.12. The molecule has 2 aliphatic rings. The van der Waals surface area contributed by atoms with Gasteiger partial charge < -0.3 is 0 Å². The zero-order chi connectivity index (χ0) is 10.3. The molecule has 1 atom stereocenters. The Morgan fingerprint density at radius 1 is 1.33 bits per heavy atom. The van der Waals surface area contributed by atoms with Crippen LogP contribution in [0.25, 0.3) is 0 Å². The normalized spacial score (nSPS) is 27.4. The number of thiophene rings is 1. The minimum Gasteiger partial charge on any atom is -0.298 e. The second-order valence-corrected chi connectivity index (χ2v) is 6.67. The number of nitrogens with zero attached hydrogens (tertiary/aromatic N) is 1. The van der Waals surface area contributed by atoms with Gasteiger partial charge in [0, 0.05) is 22.4 Å². The summed E-state index contributed by atoms with van der Waals surface area (Å²) in [5.74, 6) is 2.10. The summed E-state index contributed by atoms with van der Waals surface area (Å²) < 4.78 is 1.29. The van der Waals surface area contributed by atoms with Crippen molar-refractivity contribution in [3.05, 3.63) is 20.8 Å². The smallest absolute Gasteiger partial charge is 0.0339 e. The average molecular weight is 286 g/mol. The predicted octanol–water partition coefficient (Wildman–Crippen LogP) is 3.74. The van der Waals surface area contributed by atoms with Crippen LogP contribution in [0.15, 0.2) is 15.9 Å². The van der Waals surface area contributed by atoms with E-state index in [0.29, 0.717) is 0 Å². The SMILES string of the molecule is Brc1ccsc1CN1CCC(C2CC2)C1. The first-order valence-electron chi connectivity index (χ1n) is 5.77. The van der Waals surface area contributed by atoms with E-state index in [4.69, 9.17) is 0 Å². The first kappa shape index (κ1) is 10.3. The van der Waals surface area contributed by atoms with Gasteiger partial charge in [-0.3, -0.25) is 4.90 Å². The highest BCUT2D eigenvalue weighted by atomic mass is 79.9. The van der Waals surface area contributed by atoms with Crippen molar-refractivity contribution in [2.45, 2.75) is 25.8 Å². The van der Waals surface area contributed by atoms with Crippen LogP contribution in [0, 0.1) is 11.8 Å². The summed E-state index contributed by atoms with van der Waals surface area (Å²) in [6, 6.07) is 2.16. The number of hydrogen-bond donors (Lipinski definition) is 0. The first-order chi connectivity index (χ1) is 7.33. The lowest BCUT2D eigenvalue weighted by atomic mass is 10.0. The van der Waals surface area contributed by atoms with Crippen LogP contribution in [-0.2, 0) is 6.54 Å². The third-order valence-electron chi connectivity index (χ3n) is 3.66. The van der Waals surface area contributed by atoms with Crippen molar-refractivity contribution in [1.82, 2.24) is 4.90 Å². The Morgan fingerprint density at radius 3 is 2.87 bits per heavy atom. The molecule has 82 valence electrons. The van der Waals surface area contributed by atoms with Crippen molar-refractivity contribution in [3.63, 3.8) is 0 Å². The van der Waals surface area contributed by atoms with Gasteiger partial charge in [0.1, 0.15) is 0 Å². The largest absolute Gasteiger partial charge is 0.298 e. The van der Waals surface area contributed by atoms with Gasteiger partial charge in [0.05, 0.1) is 0 Å². The Balaban J connectivity index is 1.58. The second kappa shape index (κ2) is 4.19. The number of hydrogen-bond acceptors (Lipinski definition) is 2. The van der Waals surface area contributed by atoms with Gasteiger partial charge >= 0.3 is 0 Å². The molecule has 0 bridgehead atoms. The molecule has 0 amide bonds. The molecule has 2 fully saturated rings. The molecule has 0 radical (unpaired) electrons. The topological polar surface area (TPSA) is 3.24 Å². The highest BCUT2D eigenvalue weighted by Crippen LogP contribution is 2.41. The Bertz CT molecular complexity index is 345. The summed E-state index contributed by atoms with van der Waals surface area (Å²) in [4.78, 5) is 4.12. The van der Waals surface area contributed by atoms with Crippen LogP contribution in [0.4, 0.5) is 0 Å². The predicted molar refractivity (Wildman–Crippen MR) is 68.1 cm³/mol. The maximum absolute atomic E-state index is 3.61. The maximum Gasteiger partial charge on any atom is 0.0339 e. The zero-order valence-corrected chi connectivity index (χ0v) is 11.2. The van der Waals surface area contributed by atoms with Gasteiger partial charge in [-0.05, 0) is 65.0 Å². The van der Waals surface area contributed by atoms with Crippen LogP contribution in [0.5, 0.6) is 0 Å². The molecule has 0 spiro atoms. The fourth-order valence-electron chi connectivity index (χ4n) is 2.60. The molecule has 1 aliphatic carbocycles. The van der Waals surface area contributed by atoms with Gasteiger partial charge in [-0.1, -0.05) is 0 Å². The van der Waals surface area contributed by atoms with Crippen molar-refractivity contribution < 1.29 is 0 Å². The van der Waals surface area contributed by atoms with E-state index in [9.17, 15) is 0 Å². The molecule has 1 aliphatic heterocycles. The van der Waals surface area contributed by atoms with E-state index >= 15 is 0 Å². The maximum atomic E-state index is 3.61. The van der Waals surface area contributed by atoms with Crippen molar-refractivity contribution in [1.29, 1.82) is 0 Å². The first-order valence-corrected chi connectivity index (χ1v) is 7.44. The number of rotatable bonds is 3. The van der Waals surface area contributed by atoms with E-state index in [1.54, 1.807) is 0 Å². The molecule has 0 N–H and O–H groups in total. The Labute approximate surface area is 104 Å². The molecule has 1 unspecified atom stereocenters. The van der Waals surface area contributed by atoms with Gasteiger partial charge in [0.15, 0.2) is 0 Å². The molecule has 1 nitrogen and oxygen atoms in total. The molecule has 1 saturated heterocycles. The summed E-state index contributed by atoms with van der Waals surface area (Å²) in [7, 11) is 0. The van der Waals surface area contributed by atoms with Crippen LogP contribution in [0.1, 0.15) is 24.1 Å². The summed E-state index contributed by atoms with van der Waals surface area (Å²) >= 11 is 5.49. The Kier molecular flexibility index (Phi) is 2.88. The Hall–Kier alpha value is 0.140. The van der Waals surface area contributed by atoms with Crippen LogP contribution in [-0.4, -0.2) is 18.0 Å². The van der Waals surface area contributed by atoms with E-state index in [1.807, 2.05) is 11.3 Å². The minimum atomic E-state index is 1.02. The third-order valence-corrected chi connectivity index (χ3v) is 5.57. The van der Waals surface area contributed by atoms with Gasteiger partial charge in [0.2, 0.25) is 0 Å². The monoisotopic (exact) mass is 285 g/mol. The Morgan fingerprint density at radius 2 is 2.20 bits per heavy atom. The van der Waals surface area contributed by atoms with Crippen LogP contribution in [0.2, 0.25) is 0 Å². The van der Waals surface area contributed by atoms with E-state index in [-0.39, 0.29) is 0 Å². The second-order valence-electron chi connectivity index (χ2n) is 4.81. The minimum absolute atomic E-state index is 1.02. The molecular weight excluding hydrogens is 270 g/mol. The molecular formula is C12H16BrNS. The van der Waals surface area contributed by atoms with Crippen molar-refractivity contribution >= 4 is 27.3 Å². The van der Waals surface area contributed by atoms with E-state index in [2.05, 4.69) is 32.3 Å². The third kappa shape index (κ3) is 2.29. The van der Waals surface area contributed by atoms with Gasteiger partial charge in [-0.25, -0.2) is 0 Å². The van der Waals surface area contributed by atoms with E-state index in [1.165, 1.54) is 41.7 Å². The van der Waals surface area contributed by atoms with E-state index in [0.717, 1.165) is 18.4 Å². The molecule has 15 heavy (non-hydrogen) atoms. The zero-order valence-electron chi connectivity index (χ0n) is 8.79. The molecule has 1 aromatic rings. The van der Waals surface area contributed by atoms with Crippen molar-refractivity contribution in [3.8, 4) is 0 Å². The van der Waals surface area contributed by atoms with Crippen molar-refractivity contribution in [2.75, 3.05) is 13.1 Å². The highest BCUT2D eigenvalue weighted by Gasteiger charge is 2.35. The van der Waals surface area contributed by atoms with Crippen LogP contribution < -0.4 is 0 Å². The van der Waals surface area contributed by atoms with Gasteiger partial charge in [-0.2, -0.15) is 0 Å². The van der Waals surface area contributed by atoms with Crippen LogP contribution in [0.3, 0.4) is 0 Å². The summed E-state index contributed by atoms with van der Waals surface area (Å²) in [5.41, 5.74) is 0. The van der Waals surface area contributed by atoms with E-state index < -0.39 is 0 Å². The highest BCUT2D eigenvalue weighted by molar-refractivity contribution is 9.10. The number of likely N-dealkylation sites (tertiary alicyclic amines) is 1. The standard InChI is InChI=1S/C12H16BrNS/c13-11-4-6-15-12(11)8-14-5-3-10(7-14)9-1-2-9/h4,6,9-10H,1-3,5,7-8H2. The molecule has 1 saturated carbocycles. The lowest BCUT2D eigenvalue weighted by Gasteiger charge is -2.15. The summed E-state index contributed by atoms with van der Waals surface area (Å²) in [6.45, 7) is 3.81. The number of halogens is 1. The molecule has 2 heterocycles. The molecule has 1 aromatic heterocycles. The van der Waals surface area contributed by atoms with Gasteiger partial charge in [0.25, 0.3) is 0 Å². The quantitative estimate of drug-likeness (QED) is 0.818. The lowest BCUT2D eigenvalue weighted by Crippen LogP contribution is -2.20. The molecule has 3 heteroatoms. The molecule has 0 aromatic carbocycles. The lowest BCUT2D eigenvalue weighted by molar-refractivity contribution is 0.312. The fraction of sp³-hybridized carbons (Fsp3) is 0.667.